The molecule has 0 spiro atoms. The lowest BCUT2D eigenvalue weighted by Crippen LogP contribution is -2.21. The zero-order valence-corrected chi connectivity index (χ0v) is 6.99. The Balaban J connectivity index is 1.76. The molecule has 1 amide bonds. The second-order valence-electron chi connectivity index (χ2n) is 2.92. The average Bonchev–Trinajstić information content (AvgIpc) is 2.72. The SMILES string of the molecule is O=C1CSC(NCC2CC2)=N1. The van der Waals surface area contributed by atoms with Gasteiger partial charge in [-0.1, -0.05) is 11.8 Å². The summed E-state index contributed by atoms with van der Waals surface area (Å²) in [5.41, 5.74) is 0. The lowest BCUT2D eigenvalue weighted by Gasteiger charge is -2.00. The number of hydrogen-bond acceptors (Lipinski definition) is 3. The number of rotatable bonds is 2. The molecule has 60 valence electrons. The van der Waals surface area contributed by atoms with E-state index in [4.69, 9.17) is 0 Å². The zero-order valence-electron chi connectivity index (χ0n) is 6.17. The second-order valence-corrected chi connectivity index (χ2v) is 3.89. The number of amidine groups is 1. The van der Waals surface area contributed by atoms with E-state index < -0.39 is 0 Å². The Labute approximate surface area is 69.6 Å². The van der Waals surface area contributed by atoms with Crippen LogP contribution in [0.5, 0.6) is 0 Å². The number of hydrogen-bond donors (Lipinski definition) is 1. The first-order valence-corrected chi connectivity index (χ1v) is 4.81. The molecular weight excluding hydrogens is 160 g/mol. The molecule has 1 aliphatic heterocycles. The topological polar surface area (TPSA) is 41.5 Å². The van der Waals surface area contributed by atoms with Crippen LogP contribution in [0.3, 0.4) is 0 Å². The van der Waals surface area contributed by atoms with Gasteiger partial charge in [0.2, 0.25) is 0 Å². The van der Waals surface area contributed by atoms with Gasteiger partial charge in [0, 0.05) is 6.54 Å². The molecule has 0 radical (unpaired) electrons. The van der Waals surface area contributed by atoms with E-state index in [2.05, 4.69) is 10.3 Å². The van der Waals surface area contributed by atoms with E-state index in [1.807, 2.05) is 0 Å². The van der Waals surface area contributed by atoms with Crippen LogP contribution in [-0.4, -0.2) is 23.4 Å². The van der Waals surface area contributed by atoms with Crippen LogP contribution >= 0.6 is 11.8 Å². The molecule has 4 heteroatoms. The third-order valence-electron chi connectivity index (χ3n) is 1.80. The number of nitrogens with one attached hydrogen (secondary N) is 1. The minimum atomic E-state index is -0.00621. The molecule has 0 aromatic carbocycles. The quantitative estimate of drug-likeness (QED) is 0.660. The lowest BCUT2D eigenvalue weighted by atomic mass is 10.4. The maximum Gasteiger partial charge on any atom is 0.258 e. The van der Waals surface area contributed by atoms with E-state index in [1.54, 1.807) is 0 Å². The highest BCUT2D eigenvalue weighted by atomic mass is 32.2. The van der Waals surface area contributed by atoms with Crippen LogP contribution in [0.15, 0.2) is 4.99 Å². The van der Waals surface area contributed by atoms with Crippen molar-refractivity contribution in [3.63, 3.8) is 0 Å². The van der Waals surface area contributed by atoms with Gasteiger partial charge in [-0.25, -0.2) is 0 Å². The van der Waals surface area contributed by atoms with Crippen LogP contribution in [-0.2, 0) is 4.79 Å². The van der Waals surface area contributed by atoms with E-state index in [0.29, 0.717) is 5.75 Å². The Hall–Kier alpha value is -0.510. The van der Waals surface area contributed by atoms with Crippen LogP contribution < -0.4 is 5.32 Å². The van der Waals surface area contributed by atoms with Crippen molar-refractivity contribution in [2.24, 2.45) is 10.9 Å². The van der Waals surface area contributed by atoms with Crippen LogP contribution in [0.4, 0.5) is 0 Å². The minimum absolute atomic E-state index is 0.00621. The molecule has 1 saturated carbocycles. The van der Waals surface area contributed by atoms with E-state index in [9.17, 15) is 4.79 Å². The third kappa shape index (κ3) is 1.96. The van der Waals surface area contributed by atoms with Crippen molar-refractivity contribution in [3.05, 3.63) is 0 Å². The normalized spacial score (nSPS) is 23.6. The Morgan fingerprint density at radius 1 is 1.64 bits per heavy atom. The Morgan fingerprint density at radius 2 is 2.45 bits per heavy atom. The first-order chi connectivity index (χ1) is 5.34. The summed E-state index contributed by atoms with van der Waals surface area (Å²) in [5.74, 6) is 1.36. The maximum atomic E-state index is 10.7. The number of amides is 1. The Kier molecular flexibility index (Phi) is 1.85. The van der Waals surface area contributed by atoms with Crippen molar-refractivity contribution in [1.82, 2.24) is 5.32 Å². The van der Waals surface area contributed by atoms with Crippen LogP contribution in [0.2, 0.25) is 0 Å². The van der Waals surface area contributed by atoms with Gasteiger partial charge in [-0.05, 0) is 18.8 Å². The van der Waals surface area contributed by atoms with Gasteiger partial charge in [0.1, 0.15) is 0 Å². The fourth-order valence-electron chi connectivity index (χ4n) is 0.952. The molecule has 0 bridgehead atoms. The molecule has 0 aromatic heterocycles. The summed E-state index contributed by atoms with van der Waals surface area (Å²) >= 11 is 1.51. The molecule has 0 saturated heterocycles. The molecule has 0 atom stereocenters. The summed E-state index contributed by atoms with van der Waals surface area (Å²) in [7, 11) is 0. The third-order valence-corrected chi connectivity index (χ3v) is 2.70. The summed E-state index contributed by atoms with van der Waals surface area (Å²) in [6, 6.07) is 0. The molecule has 0 unspecified atom stereocenters. The molecule has 1 aliphatic carbocycles. The number of carbonyl (C=O) groups is 1. The summed E-state index contributed by atoms with van der Waals surface area (Å²) in [6.07, 6.45) is 2.66. The molecule has 0 aromatic rings. The smallest absolute Gasteiger partial charge is 0.258 e. The van der Waals surface area contributed by atoms with E-state index in [-0.39, 0.29) is 5.91 Å². The van der Waals surface area contributed by atoms with Gasteiger partial charge < -0.3 is 5.32 Å². The molecule has 1 heterocycles. The van der Waals surface area contributed by atoms with Gasteiger partial charge in [0.05, 0.1) is 5.75 Å². The van der Waals surface area contributed by atoms with Gasteiger partial charge in [-0.2, -0.15) is 4.99 Å². The molecule has 2 rings (SSSR count). The first-order valence-electron chi connectivity index (χ1n) is 3.83. The van der Waals surface area contributed by atoms with E-state index in [1.165, 1.54) is 24.6 Å². The number of carbonyl (C=O) groups excluding carboxylic acids is 1. The van der Waals surface area contributed by atoms with Crippen molar-refractivity contribution in [2.45, 2.75) is 12.8 Å². The standard InChI is InChI=1S/C7H10N2OS/c10-6-4-11-7(9-6)8-3-5-1-2-5/h5H,1-4H2,(H,8,9,10). The number of aliphatic imine (C=N–C) groups is 1. The monoisotopic (exact) mass is 170 g/mol. The fraction of sp³-hybridized carbons (Fsp3) is 0.714. The van der Waals surface area contributed by atoms with Gasteiger partial charge in [0.15, 0.2) is 5.17 Å². The highest BCUT2D eigenvalue weighted by molar-refractivity contribution is 8.14. The summed E-state index contributed by atoms with van der Waals surface area (Å²) in [4.78, 5) is 14.5. The molecular formula is C7H10N2OS. The summed E-state index contributed by atoms with van der Waals surface area (Å²) in [5, 5.41) is 3.99. The largest absolute Gasteiger partial charge is 0.364 e. The highest BCUT2D eigenvalue weighted by Crippen LogP contribution is 2.28. The van der Waals surface area contributed by atoms with Crippen molar-refractivity contribution < 1.29 is 4.79 Å². The highest BCUT2D eigenvalue weighted by Gasteiger charge is 2.22. The van der Waals surface area contributed by atoms with Crippen molar-refractivity contribution in [2.75, 3.05) is 12.3 Å². The zero-order chi connectivity index (χ0) is 7.68. The van der Waals surface area contributed by atoms with Crippen LogP contribution in [0, 0.1) is 5.92 Å². The van der Waals surface area contributed by atoms with E-state index in [0.717, 1.165) is 17.6 Å². The average molecular weight is 170 g/mol. The maximum absolute atomic E-state index is 10.7. The Morgan fingerprint density at radius 3 is 3.00 bits per heavy atom. The molecule has 2 aliphatic rings. The van der Waals surface area contributed by atoms with Gasteiger partial charge in [-0.3, -0.25) is 4.79 Å². The Bertz CT molecular complexity index is 210. The van der Waals surface area contributed by atoms with E-state index >= 15 is 0 Å². The van der Waals surface area contributed by atoms with Gasteiger partial charge in [-0.15, -0.1) is 0 Å². The number of nitrogens with zero attached hydrogens (tertiary/aromatic N) is 1. The van der Waals surface area contributed by atoms with Crippen LogP contribution in [0.1, 0.15) is 12.8 Å². The second kappa shape index (κ2) is 2.85. The lowest BCUT2D eigenvalue weighted by molar-refractivity contribution is -0.115. The fourth-order valence-corrected chi connectivity index (χ4v) is 1.63. The predicted octanol–water partition coefficient (Wildman–Crippen LogP) is 0.615. The molecule has 11 heavy (non-hydrogen) atoms. The van der Waals surface area contributed by atoms with Gasteiger partial charge in [0.25, 0.3) is 5.91 Å². The predicted molar refractivity (Wildman–Crippen MR) is 45.6 cm³/mol. The molecule has 1 N–H and O–H groups in total. The molecule has 1 fully saturated rings. The number of thioether (sulfide) groups is 1. The summed E-state index contributed by atoms with van der Waals surface area (Å²) in [6.45, 7) is 0.999. The van der Waals surface area contributed by atoms with Crippen molar-refractivity contribution >= 4 is 22.8 Å². The van der Waals surface area contributed by atoms with Gasteiger partial charge >= 0.3 is 0 Å². The first kappa shape index (κ1) is 7.16. The van der Waals surface area contributed by atoms with Crippen molar-refractivity contribution in [1.29, 1.82) is 0 Å². The molecule has 3 nitrogen and oxygen atoms in total. The summed E-state index contributed by atoms with van der Waals surface area (Å²) < 4.78 is 0. The minimum Gasteiger partial charge on any atom is -0.364 e. The van der Waals surface area contributed by atoms with Crippen molar-refractivity contribution in [3.8, 4) is 0 Å². The van der Waals surface area contributed by atoms with Crippen LogP contribution in [0.25, 0.3) is 0 Å².